The van der Waals surface area contributed by atoms with Gasteiger partial charge < -0.3 is 0 Å². The average Bonchev–Trinajstić information content (AvgIpc) is 2.19. The molecule has 0 aliphatic rings. The van der Waals surface area contributed by atoms with Crippen molar-refractivity contribution >= 4 is 5.78 Å². The number of ketones is 1. The Hall–Kier alpha value is -1.57. The first-order valence-electron chi connectivity index (χ1n) is 4.60. The third kappa shape index (κ3) is 3.52. The van der Waals surface area contributed by atoms with Crippen LogP contribution in [0, 0.1) is 0 Å². The van der Waals surface area contributed by atoms with Gasteiger partial charge in [-0.05, 0) is 0 Å². The Kier molecular flexibility index (Phi) is 5.13. The minimum atomic E-state index is -7.50. The molecule has 0 fully saturated rings. The first-order chi connectivity index (χ1) is 9.72. The maximum Gasteiger partial charge on any atom is 0.439 e. The van der Waals surface area contributed by atoms with Crippen LogP contribution in [0.2, 0.25) is 0 Å². The van der Waals surface area contributed by atoms with E-state index in [1.165, 1.54) is 0 Å². The first kappa shape index (κ1) is 21.4. The van der Waals surface area contributed by atoms with E-state index < -0.39 is 47.6 Å². The van der Waals surface area contributed by atoms with E-state index in [4.69, 9.17) is 0 Å². The fraction of sp³-hybridized carbons (Fsp3) is 0.625. The van der Waals surface area contributed by atoms with Gasteiger partial charge in [0.15, 0.2) is 5.57 Å². The minimum Gasteiger partial charge on any atom is -0.288 e. The van der Waals surface area contributed by atoms with Crippen LogP contribution in [0.3, 0.4) is 0 Å². The molecule has 0 aromatic carbocycles. The van der Waals surface area contributed by atoms with Crippen molar-refractivity contribution in [1.82, 2.24) is 0 Å². The Morgan fingerprint density at radius 2 is 0.913 bits per heavy atom. The van der Waals surface area contributed by atoms with Crippen LogP contribution < -0.4 is 0 Å². The molecule has 0 amide bonds. The van der Waals surface area contributed by atoms with Crippen LogP contribution >= 0.6 is 0 Å². The summed E-state index contributed by atoms with van der Waals surface area (Å²) in [7, 11) is 0. The summed E-state index contributed by atoms with van der Waals surface area (Å²) < 4.78 is 171. The molecular formula is C8F14O. The van der Waals surface area contributed by atoms with Crippen LogP contribution in [0.15, 0.2) is 11.7 Å². The number of Topliss-reactive ketones (excluding diaryl/α,β-unsaturated/α-hetero) is 1. The third-order valence-electron chi connectivity index (χ3n) is 2.17. The highest BCUT2D eigenvalue weighted by Gasteiger charge is 2.82. The molecule has 0 unspecified atom stereocenters. The van der Waals surface area contributed by atoms with E-state index in [0.29, 0.717) is 0 Å². The summed E-state index contributed by atoms with van der Waals surface area (Å²) in [5, 5.41) is 0. The van der Waals surface area contributed by atoms with Crippen LogP contribution in [0.1, 0.15) is 0 Å². The molecule has 0 atom stereocenters. The molecule has 0 aliphatic carbocycles. The zero-order chi connectivity index (χ0) is 19.2. The van der Waals surface area contributed by atoms with E-state index in [9.17, 15) is 66.3 Å². The SMILES string of the molecule is O=C(C(F)(F)C(=C(F)F)C(F)(F)F)C(F)(C(F)(F)F)C(F)(F)F. The highest BCUT2D eigenvalue weighted by Crippen LogP contribution is 2.52. The van der Waals surface area contributed by atoms with Gasteiger partial charge in [-0.1, -0.05) is 0 Å². The predicted octanol–water partition coefficient (Wildman–Crippen LogP) is 4.74. The van der Waals surface area contributed by atoms with Gasteiger partial charge in [-0.15, -0.1) is 0 Å². The van der Waals surface area contributed by atoms with E-state index in [1.54, 1.807) is 0 Å². The molecule has 15 heteroatoms. The van der Waals surface area contributed by atoms with Gasteiger partial charge in [-0.2, -0.15) is 57.1 Å². The maximum absolute atomic E-state index is 13.0. The lowest BCUT2D eigenvalue weighted by Crippen LogP contribution is -2.64. The summed E-state index contributed by atoms with van der Waals surface area (Å²) in [6, 6.07) is 0. The highest BCUT2D eigenvalue weighted by atomic mass is 19.4. The van der Waals surface area contributed by atoms with Crippen molar-refractivity contribution in [2.45, 2.75) is 30.1 Å². The van der Waals surface area contributed by atoms with Crippen molar-refractivity contribution in [1.29, 1.82) is 0 Å². The molecule has 0 heterocycles. The normalized spacial score (nSPS) is 14.7. The third-order valence-corrected chi connectivity index (χ3v) is 2.17. The smallest absolute Gasteiger partial charge is 0.288 e. The lowest BCUT2D eigenvalue weighted by atomic mass is 9.90. The van der Waals surface area contributed by atoms with Gasteiger partial charge in [0.2, 0.25) is 0 Å². The van der Waals surface area contributed by atoms with Crippen LogP contribution in [0.4, 0.5) is 61.5 Å². The van der Waals surface area contributed by atoms with Gasteiger partial charge >= 0.3 is 30.1 Å². The molecule has 0 N–H and O–H groups in total. The van der Waals surface area contributed by atoms with Crippen LogP contribution in [0.25, 0.3) is 0 Å². The molecule has 1 nitrogen and oxygen atoms in total. The van der Waals surface area contributed by atoms with Gasteiger partial charge in [0.05, 0.1) is 0 Å². The van der Waals surface area contributed by atoms with Crippen molar-refractivity contribution in [3.63, 3.8) is 0 Å². The molecule has 0 aromatic heterocycles. The number of carbonyl (C=O) groups is 1. The molecule has 0 saturated heterocycles. The number of alkyl halides is 12. The fourth-order valence-electron chi connectivity index (χ4n) is 1.15. The van der Waals surface area contributed by atoms with Gasteiger partial charge in [0, 0.05) is 0 Å². The van der Waals surface area contributed by atoms with Crippen molar-refractivity contribution in [3.05, 3.63) is 11.7 Å². The van der Waals surface area contributed by atoms with Crippen molar-refractivity contribution in [3.8, 4) is 0 Å². The van der Waals surface area contributed by atoms with E-state index in [-0.39, 0.29) is 0 Å². The fourth-order valence-corrected chi connectivity index (χ4v) is 1.15. The quantitative estimate of drug-likeness (QED) is 0.649. The second kappa shape index (κ2) is 5.51. The molecule has 0 aliphatic heterocycles. The average molecular weight is 378 g/mol. The zero-order valence-corrected chi connectivity index (χ0v) is 9.70. The summed E-state index contributed by atoms with van der Waals surface area (Å²) in [6.45, 7) is 0. The lowest BCUT2D eigenvalue weighted by Gasteiger charge is -2.32. The number of carbonyl (C=O) groups excluding carboxylic acids is 1. The molecule has 0 spiro atoms. The van der Waals surface area contributed by atoms with Gasteiger partial charge in [-0.25, -0.2) is 4.39 Å². The molecule has 136 valence electrons. The first-order valence-corrected chi connectivity index (χ1v) is 4.60. The Morgan fingerprint density at radius 1 is 0.609 bits per heavy atom. The van der Waals surface area contributed by atoms with Gasteiger partial charge in [0.25, 0.3) is 11.9 Å². The number of hydrogen-bond acceptors (Lipinski definition) is 1. The number of allylic oxidation sites excluding steroid dienone is 1. The molecule has 23 heavy (non-hydrogen) atoms. The Balaban J connectivity index is 6.53. The van der Waals surface area contributed by atoms with Crippen LogP contribution in [-0.2, 0) is 4.79 Å². The maximum atomic E-state index is 13.0. The summed E-state index contributed by atoms with van der Waals surface area (Å²) in [5.41, 5.74) is -12.1. The standard InChI is InChI=1S/C8F14O/c9-2(10)1(6(14,15)16)4(11,12)3(23)5(13,7(17,18)19)8(20,21)22. The molecular weight excluding hydrogens is 378 g/mol. The highest BCUT2D eigenvalue weighted by molar-refractivity contribution is 5.97. The van der Waals surface area contributed by atoms with E-state index in [1.807, 2.05) is 0 Å². The molecule has 0 radical (unpaired) electrons. The summed E-state index contributed by atoms with van der Waals surface area (Å²) in [5.74, 6) is -12.3. The predicted molar refractivity (Wildman–Crippen MR) is 41.2 cm³/mol. The van der Waals surface area contributed by atoms with Gasteiger partial charge in [-0.3, -0.25) is 4.79 Å². The molecule has 0 rings (SSSR count). The summed E-state index contributed by atoms with van der Waals surface area (Å²) in [4.78, 5) is 10.5. The van der Waals surface area contributed by atoms with E-state index >= 15 is 0 Å². The Labute approximate surface area is 115 Å². The van der Waals surface area contributed by atoms with E-state index in [0.717, 1.165) is 0 Å². The second-order valence-corrected chi connectivity index (χ2v) is 3.69. The van der Waals surface area contributed by atoms with Crippen molar-refractivity contribution in [2.24, 2.45) is 0 Å². The number of halogens is 14. The summed E-state index contributed by atoms with van der Waals surface area (Å²) in [6.07, 6.45) is -26.4. The topological polar surface area (TPSA) is 17.1 Å². The second-order valence-electron chi connectivity index (χ2n) is 3.69. The number of hydrogen-bond donors (Lipinski definition) is 0. The van der Waals surface area contributed by atoms with Crippen LogP contribution in [0.5, 0.6) is 0 Å². The van der Waals surface area contributed by atoms with E-state index in [2.05, 4.69) is 0 Å². The number of rotatable bonds is 3. The van der Waals surface area contributed by atoms with Crippen molar-refractivity contribution < 1.29 is 66.3 Å². The Morgan fingerprint density at radius 3 is 1.09 bits per heavy atom. The van der Waals surface area contributed by atoms with Crippen LogP contribution in [-0.4, -0.2) is 35.9 Å². The Bertz CT molecular complexity index is 484. The summed E-state index contributed by atoms with van der Waals surface area (Å²) >= 11 is 0. The molecule has 0 bridgehead atoms. The molecule has 0 aromatic rings. The molecule has 0 saturated carbocycles. The monoisotopic (exact) mass is 378 g/mol. The lowest BCUT2D eigenvalue weighted by molar-refractivity contribution is -0.330. The zero-order valence-electron chi connectivity index (χ0n) is 9.70. The minimum absolute atomic E-state index is 4.51. The van der Waals surface area contributed by atoms with Gasteiger partial charge in [0.1, 0.15) is 0 Å². The van der Waals surface area contributed by atoms with Crippen molar-refractivity contribution in [2.75, 3.05) is 0 Å². The largest absolute Gasteiger partial charge is 0.439 e.